The van der Waals surface area contributed by atoms with E-state index in [1.807, 2.05) is 5.38 Å². The first-order valence-electron chi connectivity index (χ1n) is 9.40. The van der Waals surface area contributed by atoms with E-state index in [0.717, 1.165) is 25.3 Å². The molecule has 0 bridgehead atoms. The van der Waals surface area contributed by atoms with Gasteiger partial charge < -0.3 is 10.6 Å². The third-order valence-corrected chi connectivity index (χ3v) is 5.46. The van der Waals surface area contributed by atoms with E-state index in [1.165, 1.54) is 36.0 Å². The smallest absolute Gasteiger partial charge is 0.254 e. The van der Waals surface area contributed by atoms with Crippen LogP contribution in [0.1, 0.15) is 36.3 Å². The number of hydrogen-bond donors (Lipinski definition) is 2. The molecule has 2 N–H and O–H groups in total. The van der Waals surface area contributed by atoms with Crippen molar-refractivity contribution in [2.45, 2.75) is 26.8 Å². The van der Waals surface area contributed by atoms with Crippen LogP contribution in [0.3, 0.4) is 0 Å². The molecule has 1 aliphatic rings. The van der Waals surface area contributed by atoms with Crippen LogP contribution in [0.5, 0.6) is 0 Å². The van der Waals surface area contributed by atoms with E-state index in [1.54, 1.807) is 6.07 Å². The van der Waals surface area contributed by atoms with Crippen LogP contribution in [-0.4, -0.2) is 41.3 Å². The molecule has 1 aromatic carbocycles. The Morgan fingerprint density at radius 2 is 1.96 bits per heavy atom. The molecule has 2 heterocycles. The van der Waals surface area contributed by atoms with Gasteiger partial charge in [-0.3, -0.25) is 14.5 Å². The predicted octanol–water partition coefficient (Wildman–Crippen LogP) is 3.13. The first kappa shape index (κ1) is 20.4. The lowest BCUT2D eigenvalue weighted by Gasteiger charge is -2.34. The van der Waals surface area contributed by atoms with Gasteiger partial charge in [-0.1, -0.05) is 26.0 Å². The molecule has 2 atom stereocenters. The molecule has 6 nitrogen and oxygen atoms in total. The highest BCUT2D eigenvalue weighted by Gasteiger charge is 2.22. The fraction of sp³-hybridized carbons (Fsp3) is 0.450. The van der Waals surface area contributed by atoms with Gasteiger partial charge in [-0.05, 0) is 30.4 Å². The van der Waals surface area contributed by atoms with E-state index in [0.29, 0.717) is 17.0 Å². The number of piperidine rings is 1. The van der Waals surface area contributed by atoms with Crippen LogP contribution in [0, 0.1) is 17.7 Å². The summed E-state index contributed by atoms with van der Waals surface area (Å²) >= 11 is 1.36. The van der Waals surface area contributed by atoms with Crippen molar-refractivity contribution in [1.29, 1.82) is 0 Å². The standard InChI is InChI=1S/C20H25FN4O2S/c1-13-7-14(2)10-25(9-13)11-15-12-28-20(23-15)24-18(26)8-22-19(27)16-5-3-4-6-17(16)21/h3-6,12-14H,7-11H2,1-2H3,(H,22,27)(H,23,24,26)/t13-,14-/m1/s1. The minimum Gasteiger partial charge on any atom is -0.343 e. The van der Waals surface area contributed by atoms with Crippen molar-refractivity contribution in [3.63, 3.8) is 0 Å². The maximum Gasteiger partial charge on any atom is 0.254 e. The molecule has 2 amide bonds. The molecule has 28 heavy (non-hydrogen) atoms. The van der Waals surface area contributed by atoms with Gasteiger partial charge in [-0.2, -0.15) is 0 Å². The largest absolute Gasteiger partial charge is 0.343 e. The molecule has 1 aromatic heterocycles. The van der Waals surface area contributed by atoms with Gasteiger partial charge in [0.05, 0.1) is 17.8 Å². The molecule has 0 saturated carbocycles. The summed E-state index contributed by atoms with van der Waals surface area (Å²) in [5, 5.41) is 7.54. The predicted molar refractivity (Wildman–Crippen MR) is 108 cm³/mol. The molecule has 0 spiro atoms. The molecule has 1 saturated heterocycles. The van der Waals surface area contributed by atoms with E-state index >= 15 is 0 Å². The normalized spacial score (nSPS) is 20.0. The highest BCUT2D eigenvalue weighted by atomic mass is 32.1. The number of hydrogen-bond acceptors (Lipinski definition) is 5. The number of benzene rings is 1. The number of thiazole rings is 1. The fourth-order valence-electron chi connectivity index (χ4n) is 3.65. The Morgan fingerprint density at radius 3 is 2.68 bits per heavy atom. The zero-order valence-electron chi connectivity index (χ0n) is 16.1. The molecule has 0 radical (unpaired) electrons. The average molecular weight is 405 g/mol. The van der Waals surface area contributed by atoms with E-state index in [4.69, 9.17) is 0 Å². The molecule has 0 aliphatic carbocycles. The molecule has 1 aliphatic heterocycles. The van der Waals surface area contributed by atoms with E-state index in [-0.39, 0.29) is 12.1 Å². The van der Waals surface area contributed by atoms with Gasteiger partial charge in [-0.15, -0.1) is 11.3 Å². The second-order valence-electron chi connectivity index (χ2n) is 7.49. The van der Waals surface area contributed by atoms with Crippen molar-refractivity contribution in [2.75, 3.05) is 25.0 Å². The number of amides is 2. The molecular formula is C20H25FN4O2S. The van der Waals surface area contributed by atoms with Gasteiger partial charge >= 0.3 is 0 Å². The highest BCUT2D eigenvalue weighted by molar-refractivity contribution is 7.13. The minimum absolute atomic E-state index is 0.0863. The second kappa shape index (κ2) is 9.25. The summed E-state index contributed by atoms with van der Waals surface area (Å²) in [6.45, 7) is 7.18. The van der Waals surface area contributed by atoms with Crippen LogP contribution in [0.4, 0.5) is 9.52 Å². The average Bonchev–Trinajstić information content (AvgIpc) is 3.06. The van der Waals surface area contributed by atoms with Crippen molar-refractivity contribution in [1.82, 2.24) is 15.2 Å². The Labute approximate surface area is 168 Å². The van der Waals surface area contributed by atoms with Gasteiger partial charge in [0.2, 0.25) is 5.91 Å². The van der Waals surface area contributed by atoms with Crippen molar-refractivity contribution in [3.05, 3.63) is 46.7 Å². The van der Waals surface area contributed by atoms with Crippen LogP contribution in [0.15, 0.2) is 29.6 Å². The maximum atomic E-state index is 13.6. The number of carbonyl (C=O) groups is 2. The first-order chi connectivity index (χ1) is 13.4. The first-order valence-corrected chi connectivity index (χ1v) is 10.3. The number of aromatic nitrogens is 1. The van der Waals surface area contributed by atoms with Gasteiger partial charge in [0.15, 0.2) is 5.13 Å². The number of carbonyl (C=O) groups excluding carboxylic acids is 2. The van der Waals surface area contributed by atoms with E-state index in [2.05, 4.69) is 34.4 Å². The molecular weight excluding hydrogens is 379 g/mol. The van der Waals surface area contributed by atoms with Gasteiger partial charge in [0.1, 0.15) is 5.82 Å². The highest BCUT2D eigenvalue weighted by Crippen LogP contribution is 2.23. The Kier molecular flexibility index (Phi) is 6.74. The van der Waals surface area contributed by atoms with E-state index in [9.17, 15) is 14.0 Å². The van der Waals surface area contributed by atoms with Gasteiger partial charge in [0, 0.05) is 25.0 Å². The number of nitrogens with one attached hydrogen (secondary N) is 2. The molecule has 2 aromatic rings. The summed E-state index contributed by atoms with van der Waals surface area (Å²) in [4.78, 5) is 30.9. The topological polar surface area (TPSA) is 74.3 Å². The summed E-state index contributed by atoms with van der Waals surface area (Å²) in [7, 11) is 0. The third kappa shape index (κ3) is 5.59. The van der Waals surface area contributed by atoms with E-state index < -0.39 is 17.6 Å². The molecule has 8 heteroatoms. The quantitative estimate of drug-likeness (QED) is 0.776. The summed E-state index contributed by atoms with van der Waals surface area (Å²) in [5.41, 5.74) is 0.841. The number of rotatable bonds is 6. The van der Waals surface area contributed by atoms with Crippen molar-refractivity contribution < 1.29 is 14.0 Å². The summed E-state index contributed by atoms with van der Waals surface area (Å²) in [5.74, 6) is -0.280. The lowest BCUT2D eigenvalue weighted by atomic mass is 9.92. The Bertz CT molecular complexity index is 831. The van der Waals surface area contributed by atoms with Crippen LogP contribution in [0.2, 0.25) is 0 Å². The molecule has 1 fully saturated rings. The van der Waals surface area contributed by atoms with Crippen molar-refractivity contribution in [3.8, 4) is 0 Å². The van der Waals surface area contributed by atoms with Crippen LogP contribution in [0.25, 0.3) is 0 Å². The fourth-order valence-corrected chi connectivity index (χ4v) is 4.37. The second-order valence-corrected chi connectivity index (χ2v) is 8.35. The molecule has 3 rings (SSSR count). The number of anilines is 1. The van der Waals surface area contributed by atoms with Crippen LogP contribution in [-0.2, 0) is 11.3 Å². The monoisotopic (exact) mass is 404 g/mol. The number of likely N-dealkylation sites (tertiary alicyclic amines) is 1. The Hall–Kier alpha value is -2.32. The SMILES string of the molecule is C[C@@H]1C[C@@H](C)CN(Cc2csc(NC(=O)CNC(=O)c3ccccc3F)n2)C1. The zero-order chi connectivity index (χ0) is 20.1. The lowest BCUT2D eigenvalue weighted by molar-refractivity contribution is -0.115. The minimum atomic E-state index is -0.624. The van der Waals surface area contributed by atoms with Crippen LogP contribution >= 0.6 is 11.3 Å². The number of nitrogens with zero attached hydrogens (tertiary/aromatic N) is 2. The lowest BCUT2D eigenvalue weighted by Crippen LogP contribution is -2.38. The Morgan fingerprint density at radius 1 is 1.25 bits per heavy atom. The molecule has 150 valence electrons. The number of halogens is 1. The summed E-state index contributed by atoms with van der Waals surface area (Å²) < 4.78 is 13.6. The molecule has 0 unspecified atom stereocenters. The maximum absolute atomic E-state index is 13.6. The summed E-state index contributed by atoms with van der Waals surface area (Å²) in [6, 6.07) is 5.65. The van der Waals surface area contributed by atoms with Crippen molar-refractivity contribution >= 4 is 28.3 Å². The summed E-state index contributed by atoms with van der Waals surface area (Å²) in [6.07, 6.45) is 1.26. The van der Waals surface area contributed by atoms with Gasteiger partial charge in [-0.25, -0.2) is 9.37 Å². The third-order valence-electron chi connectivity index (χ3n) is 4.66. The van der Waals surface area contributed by atoms with Crippen LogP contribution < -0.4 is 10.6 Å². The van der Waals surface area contributed by atoms with Gasteiger partial charge in [0.25, 0.3) is 5.91 Å². The van der Waals surface area contributed by atoms with Crippen molar-refractivity contribution in [2.24, 2.45) is 11.8 Å². The zero-order valence-corrected chi connectivity index (χ0v) is 16.9. The Balaban J connectivity index is 1.47.